The number of aromatic nitrogens is 4. The smallest absolute Gasteiger partial charge is 0.164 e. The van der Waals surface area contributed by atoms with Gasteiger partial charge in [0, 0.05) is 38.4 Å². The van der Waals surface area contributed by atoms with Crippen LogP contribution in [-0.2, 0) is 0 Å². The zero-order chi connectivity index (χ0) is 37.7. The van der Waals surface area contributed by atoms with Gasteiger partial charge < -0.3 is 4.57 Å². The van der Waals surface area contributed by atoms with Crippen LogP contribution >= 0.6 is 0 Å². The van der Waals surface area contributed by atoms with Gasteiger partial charge in [-0.25, -0.2) is 15.0 Å². The van der Waals surface area contributed by atoms with E-state index in [1.807, 2.05) is 36.4 Å². The first kappa shape index (κ1) is 32.7. The van der Waals surface area contributed by atoms with Crippen molar-refractivity contribution in [3.63, 3.8) is 0 Å². The lowest BCUT2D eigenvalue weighted by atomic mass is 9.92. The van der Waals surface area contributed by atoms with E-state index < -0.39 is 0 Å². The normalized spacial score (nSPS) is 11.5. The van der Waals surface area contributed by atoms with E-state index in [0.29, 0.717) is 17.5 Å². The van der Waals surface area contributed by atoms with Gasteiger partial charge in [-0.15, -0.1) is 0 Å². The molecule has 0 aliphatic heterocycles. The van der Waals surface area contributed by atoms with E-state index in [1.165, 1.54) is 37.8 Å². The van der Waals surface area contributed by atoms with Crippen molar-refractivity contribution in [3.05, 3.63) is 206 Å². The topological polar surface area (TPSA) is 43.6 Å². The first-order valence-electron chi connectivity index (χ1n) is 19.3. The lowest BCUT2D eigenvalue weighted by Crippen LogP contribution is -2.04. The molecule has 2 aromatic heterocycles. The molecule has 266 valence electrons. The average Bonchev–Trinajstić information content (AvgIpc) is 3.62. The van der Waals surface area contributed by atoms with Crippen LogP contribution < -0.4 is 0 Å². The molecular weight excluding hydrogens is 693 g/mol. The molecule has 4 heteroatoms. The third-order valence-electron chi connectivity index (χ3n) is 11.0. The molecule has 4 nitrogen and oxygen atoms in total. The van der Waals surface area contributed by atoms with Gasteiger partial charge in [0.2, 0.25) is 0 Å². The first-order valence-corrected chi connectivity index (χ1v) is 19.3. The summed E-state index contributed by atoms with van der Waals surface area (Å²) in [6, 6.07) is 73.0. The molecule has 0 N–H and O–H groups in total. The Morgan fingerprint density at radius 3 is 1.40 bits per heavy atom. The summed E-state index contributed by atoms with van der Waals surface area (Å²) in [5.74, 6) is 1.87. The summed E-state index contributed by atoms with van der Waals surface area (Å²) in [6.07, 6.45) is 0. The molecule has 0 unspecified atom stereocenters. The third kappa shape index (κ3) is 5.66. The van der Waals surface area contributed by atoms with Gasteiger partial charge in [0.25, 0.3) is 0 Å². The number of hydrogen-bond donors (Lipinski definition) is 0. The fourth-order valence-corrected chi connectivity index (χ4v) is 8.31. The van der Waals surface area contributed by atoms with Gasteiger partial charge in [0.15, 0.2) is 17.5 Å². The quantitative estimate of drug-likeness (QED) is 0.171. The minimum atomic E-state index is 0.615. The predicted octanol–water partition coefficient (Wildman–Crippen LogP) is 13.6. The van der Waals surface area contributed by atoms with Crippen LogP contribution in [0.25, 0.3) is 105 Å². The molecule has 0 bridgehead atoms. The molecular formula is C53H34N4. The highest BCUT2D eigenvalue weighted by Crippen LogP contribution is 2.44. The van der Waals surface area contributed by atoms with Crippen molar-refractivity contribution in [3.8, 4) is 62.1 Å². The van der Waals surface area contributed by atoms with E-state index in [9.17, 15) is 0 Å². The second kappa shape index (κ2) is 13.6. The lowest BCUT2D eigenvalue weighted by Gasteiger charge is -2.20. The number of fused-ring (bicyclic) bond motifs is 6. The van der Waals surface area contributed by atoms with Crippen LogP contribution in [0.1, 0.15) is 0 Å². The highest BCUT2D eigenvalue weighted by molar-refractivity contribution is 6.21. The van der Waals surface area contributed by atoms with Gasteiger partial charge in [-0.3, -0.25) is 0 Å². The standard InChI is InChI=1S/C53H34N4/c1-5-17-35(18-6-1)44-34-49(57-48-32-41-27-14-13-26-40(41)31-46(48)43-30-29-37-21-15-16-28-42(37)50(43)57)45(36-19-7-2-8-20-36)33-47(44)53-55-51(38-22-9-3-10-23-38)54-52(56-53)39-24-11-4-12-25-39/h1-34H. The second-order valence-electron chi connectivity index (χ2n) is 14.4. The van der Waals surface area contributed by atoms with Crippen molar-refractivity contribution in [1.82, 2.24) is 19.5 Å². The van der Waals surface area contributed by atoms with Gasteiger partial charge in [0.1, 0.15) is 0 Å². The summed E-state index contributed by atoms with van der Waals surface area (Å²) in [7, 11) is 0. The molecule has 9 aromatic carbocycles. The molecule has 0 amide bonds. The Morgan fingerprint density at radius 1 is 0.298 bits per heavy atom. The first-order chi connectivity index (χ1) is 28.3. The average molecular weight is 727 g/mol. The van der Waals surface area contributed by atoms with E-state index in [1.54, 1.807) is 0 Å². The molecule has 0 aliphatic rings. The molecule has 0 fully saturated rings. The molecule has 0 radical (unpaired) electrons. The number of benzene rings is 9. The zero-order valence-corrected chi connectivity index (χ0v) is 30.9. The van der Waals surface area contributed by atoms with Gasteiger partial charge in [-0.1, -0.05) is 182 Å². The van der Waals surface area contributed by atoms with Crippen molar-refractivity contribution in [2.75, 3.05) is 0 Å². The largest absolute Gasteiger partial charge is 0.308 e. The Morgan fingerprint density at radius 2 is 0.789 bits per heavy atom. The zero-order valence-electron chi connectivity index (χ0n) is 30.9. The highest BCUT2D eigenvalue weighted by Gasteiger charge is 2.23. The Kier molecular flexibility index (Phi) is 7.78. The van der Waals surface area contributed by atoms with Gasteiger partial charge in [-0.05, 0) is 57.1 Å². The predicted molar refractivity (Wildman–Crippen MR) is 236 cm³/mol. The van der Waals surface area contributed by atoms with Crippen molar-refractivity contribution in [1.29, 1.82) is 0 Å². The van der Waals surface area contributed by atoms with Crippen LogP contribution in [0.5, 0.6) is 0 Å². The maximum atomic E-state index is 5.26. The number of nitrogens with zero attached hydrogens (tertiary/aromatic N) is 4. The summed E-state index contributed by atoms with van der Waals surface area (Å²) in [6.45, 7) is 0. The van der Waals surface area contributed by atoms with E-state index in [-0.39, 0.29) is 0 Å². The summed E-state index contributed by atoms with van der Waals surface area (Å²) < 4.78 is 2.50. The molecule has 0 aliphatic carbocycles. The molecule has 0 spiro atoms. The minimum absolute atomic E-state index is 0.615. The molecule has 0 saturated carbocycles. The monoisotopic (exact) mass is 726 g/mol. The molecule has 2 heterocycles. The summed E-state index contributed by atoms with van der Waals surface area (Å²) in [5.41, 5.74) is 10.5. The summed E-state index contributed by atoms with van der Waals surface area (Å²) in [4.78, 5) is 15.6. The van der Waals surface area contributed by atoms with E-state index >= 15 is 0 Å². The van der Waals surface area contributed by atoms with Crippen molar-refractivity contribution >= 4 is 43.4 Å². The Labute approximate surface area is 330 Å². The fourth-order valence-electron chi connectivity index (χ4n) is 8.31. The second-order valence-corrected chi connectivity index (χ2v) is 14.4. The summed E-state index contributed by atoms with van der Waals surface area (Å²) in [5, 5.41) is 7.27. The third-order valence-corrected chi connectivity index (χ3v) is 11.0. The van der Waals surface area contributed by atoms with Crippen LogP contribution in [0.3, 0.4) is 0 Å². The molecule has 11 rings (SSSR count). The molecule has 11 aromatic rings. The van der Waals surface area contributed by atoms with Crippen molar-refractivity contribution < 1.29 is 0 Å². The Balaban J connectivity index is 1.29. The molecule has 0 saturated heterocycles. The van der Waals surface area contributed by atoms with E-state index in [0.717, 1.165) is 50.1 Å². The SMILES string of the molecule is c1ccc(-c2nc(-c3ccccc3)nc(-c3cc(-c4ccccc4)c(-n4c5cc6ccccc6cc5c5ccc6ccccc6c54)cc3-c3ccccc3)n2)cc1. The van der Waals surface area contributed by atoms with E-state index in [2.05, 4.69) is 174 Å². The van der Waals surface area contributed by atoms with E-state index in [4.69, 9.17) is 15.0 Å². The van der Waals surface area contributed by atoms with Crippen molar-refractivity contribution in [2.45, 2.75) is 0 Å². The Hall–Kier alpha value is -7.69. The van der Waals surface area contributed by atoms with Crippen LogP contribution in [-0.4, -0.2) is 19.5 Å². The lowest BCUT2D eigenvalue weighted by molar-refractivity contribution is 1.07. The van der Waals surface area contributed by atoms with Crippen LogP contribution in [0.15, 0.2) is 206 Å². The maximum Gasteiger partial charge on any atom is 0.164 e. The van der Waals surface area contributed by atoms with Crippen molar-refractivity contribution in [2.24, 2.45) is 0 Å². The Bertz CT molecular complexity index is 3210. The fraction of sp³-hybridized carbons (Fsp3) is 0. The summed E-state index contributed by atoms with van der Waals surface area (Å²) >= 11 is 0. The molecule has 57 heavy (non-hydrogen) atoms. The maximum absolute atomic E-state index is 5.26. The van der Waals surface area contributed by atoms with Gasteiger partial charge >= 0.3 is 0 Å². The van der Waals surface area contributed by atoms with Crippen LogP contribution in [0.4, 0.5) is 0 Å². The number of rotatable bonds is 6. The molecule has 0 atom stereocenters. The van der Waals surface area contributed by atoms with Gasteiger partial charge in [-0.2, -0.15) is 0 Å². The minimum Gasteiger partial charge on any atom is -0.308 e. The number of hydrogen-bond acceptors (Lipinski definition) is 3. The van der Waals surface area contributed by atoms with Crippen LogP contribution in [0, 0.1) is 0 Å². The van der Waals surface area contributed by atoms with Crippen LogP contribution in [0.2, 0.25) is 0 Å². The van der Waals surface area contributed by atoms with Gasteiger partial charge in [0.05, 0.1) is 16.7 Å². The highest BCUT2D eigenvalue weighted by atomic mass is 15.0.